The van der Waals surface area contributed by atoms with Crippen molar-refractivity contribution in [3.63, 3.8) is 0 Å². The van der Waals surface area contributed by atoms with Crippen molar-refractivity contribution in [3.8, 4) is 0 Å². The second-order valence-corrected chi connectivity index (χ2v) is 8.79. The van der Waals surface area contributed by atoms with Crippen molar-refractivity contribution in [3.05, 3.63) is 48.5 Å². The maximum absolute atomic E-state index is 12.3. The van der Waals surface area contributed by atoms with E-state index in [1.54, 1.807) is 18.2 Å². The van der Waals surface area contributed by atoms with Gasteiger partial charge in [-0.1, -0.05) is 12.1 Å². The fourth-order valence-electron chi connectivity index (χ4n) is 1.80. The SMILES string of the molecule is CN(C)S(=O)(=O)c1ccc(S(=O)(=O)Nc2ccccc2N)cc1. The van der Waals surface area contributed by atoms with E-state index >= 15 is 0 Å². The van der Waals surface area contributed by atoms with Crippen LogP contribution in [0.3, 0.4) is 0 Å². The number of rotatable bonds is 5. The van der Waals surface area contributed by atoms with Crippen LogP contribution in [0.4, 0.5) is 11.4 Å². The highest BCUT2D eigenvalue weighted by Gasteiger charge is 2.20. The van der Waals surface area contributed by atoms with Crippen LogP contribution >= 0.6 is 0 Å². The summed E-state index contributed by atoms with van der Waals surface area (Å²) in [7, 11) is -4.66. The Balaban J connectivity index is 2.34. The summed E-state index contributed by atoms with van der Waals surface area (Å²) in [6.07, 6.45) is 0. The van der Waals surface area contributed by atoms with Crippen LogP contribution in [0.1, 0.15) is 0 Å². The first kappa shape index (κ1) is 17.3. The van der Waals surface area contributed by atoms with Gasteiger partial charge in [-0.05, 0) is 36.4 Å². The van der Waals surface area contributed by atoms with E-state index in [2.05, 4.69) is 4.72 Å². The van der Waals surface area contributed by atoms with Crippen molar-refractivity contribution in [2.45, 2.75) is 9.79 Å². The molecule has 0 fully saturated rings. The molecule has 0 saturated heterocycles. The lowest BCUT2D eigenvalue weighted by atomic mass is 10.3. The fourth-order valence-corrected chi connectivity index (χ4v) is 3.78. The normalized spacial score (nSPS) is 12.3. The topological polar surface area (TPSA) is 110 Å². The molecule has 9 heteroatoms. The number of nitrogens with zero attached hydrogens (tertiary/aromatic N) is 1. The van der Waals surface area contributed by atoms with Gasteiger partial charge in [0.15, 0.2) is 0 Å². The third-order valence-electron chi connectivity index (χ3n) is 3.12. The molecule has 0 bridgehead atoms. The minimum atomic E-state index is -3.86. The molecule has 2 aromatic rings. The van der Waals surface area contributed by atoms with E-state index in [0.717, 1.165) is 4.31 Å². The molecule has 7 nitrogen and oxygen atoms in total. The fraction of sp³-hybridized carbons (Fsp3) is 0.143. The summed E-state index contributed by atoms with van der Waals surface area (Å²) >= 11 is 0. The first-order valence-corrected chi connectivity index (χ1v) is 9.47. The molecule has 0 atom stereocenters. The monoisotopic (exact) mass is 355 g/mol. The molecule has 3 N–H and O–H groups in total. The summed E-state index contributed by atoms with van der Waals surface area (Å²) in [4.78, 5) is -0.0425. The summed E-state index contributed by atoms with van der Waals surface area (Å²) in [6.45, 7) is 0. The van der Waals surface area contributed by atoms with Gasteiger partial charge >= 0.3 is 0 Å². The predicted octanol–water partition coefficient (Wildman–Crippen LogP) is 1.32. The average molecular weight is 355 g/mol. The number of nitrogens with one attached hydrogen (secondary N) is 1. The second-order valence-electron chi connectivity index (χ2n) is 4.95. The molecular formula is C14H17N3O4S2. The van der Waals surface area contributed by atoms with Crippen molar-refractivity contribution in [2.24, 2.45) is 0 Å². The van der Waals surface area contributed by atoms with Crippen LogP contribution in [0.15, 0.2) is 58.3 Å². The number of nitrogens with two attached hydrogens (primary N) is 1. The number of nitrogen functional groups attached to an aromatic ring is 1. The molecule has 0 aromatic heterocycles. The molecule has 0 unspecified atom stereocenters. The quantitative estimate of drug-likeness (QED) is 0.786. The van der Waals surface area contributed by atoms with Crippen LogP contribution in [0, 0.1) is 0 Å². The highest BCUT2D eigenvalue weighted by molar-refractivity contribution is 7.92. The molecule has 2 aromatic carbocycles. The summed E-state index contributed by atoms with van der Waals surface area (Å²) < 4.78 is 52.0. The highest BCUT2D eigenvalue weighted by Crippen LogP contribution is 2.22. The largest absolute Gasteiger partial charge is 0.397 e. The van der Waals surface area contributed by atoms with E-state index < -0.39 is 20.0 Å². The summed E-state index contributed by atoms with van der Waals surface area (Å²) in [5.74, 6) is 0. The number of para-hydroxylation sites is 2. The van der Waals surface area contributed by atoms with Gasteiger partial charge in [0, 0.05) is 14.1 Å². The molecule has 0 aliphatic heterocycles. The van der Waals surface area contributed by atoms with Crippen molar-refractivity contribution < 1.29 is 16.8 Å². The predicted molar refractivity (Wildman–Crippen MR) is 89.0 cm³/mol. The van der Waals surface area contributed by atoms with Gasteiger partial charge in [0.1, 0.15) is 0 Å². The first-order chi connectivity index (χ1) is 10.6. The lowest BCUT2D eigenvalue weighted by Crippen LogP contribution is -2.22. The zero-order chi connectivity index (χ0) is 17.3. The van der Waals surface area contributed by atoms with E-state index in [-0.39, 0.29) is 15.5 Å². The molecule has 0 radical (unpaired) electrons. The van der Waals surface area contributed by atoms with Gasteiger partial charge in [0.05, 0.1) is 21.2 Å². The van der Waals surface area contributed by atoms with Crippen LogP contribution in [0.2, 0.25) is 0 Å². The van der Waals surface area contributed by atoms with Gasteiger partial charge in [-0.2, -0.15) is 0 Å². The number of hydrogen-bond donors (Lipinski definition) is 2. The highest BCUT2D eigenvalue weighted by atomic mass is 32.2. The molecule has 0 spiro atoms. The Labute approximate surface area is 135 Å². The maximum Gasteiger partial charge on any atom is 0.261 e. The minimum absolute atomic E-state index is 0.0145. The third kappa shape index (κ3) is 3.63. The number of hydrogen-bond acceptors (Lipinski definition) is 5. The Kier molecular flexibility index (Phi) is 4.64. The summed E-state index contributed by atoms with van der Waals surface area (Å²) in [5.41, 5.74) is 6.26. The second kappa shape index (κ2) is 6.19. The smallest absolute Gasteiger partial charge is 0.261 e. The lowest BCUT2D eigenvalue weighted by Gasteiger charge is -2.13. The maximum atomic E-state index is 12.3. The first-order valence-electron chi connectivity index (χ1n) is 6.54. The van der Waals surface area contributed by atoms with Gasteiger partial charge in [0.25, 0.3) is 10.0 Å². The zero-order valence-corrected chi connectivity index (χ0v) is 14.2. The molecule has 0 amide bonds. The Hall–Kier alpha value is -2.10. The van der Waals surface area contributed by atoms with Crippen LogP contribution in [-0.2, 0) is 20.0 Å². The summed E-state index contributed by atoms with van der Waals surface area (Å²) in [5, 5.41) is 0. The number of sulfonamides is 2. The molecule has 2 rings (SSSR count). The van der Waals surface area contributed by atoms with E-state index in [1.165, 1.54) is 44.4 Å². The third-order valence-corrected chi connectivity index (χ3v) is 6.33. The molecule has 124 valence electrons. The van der Waals surface area contributed by atoms with Crippen molar-refractivity contribution >= 4 is 31.4 Å². The molecule has 0 aliphatic carbocycles. The lowest BCUT2D eigenvalue weighted by molar-refractivity contribution is 0.520. The van der Waals surface area contributed by atoms with Gasteiger partial charge < -0.3 is 5.73 Å². The Bertz CT molecular complexity index is 905. The van der Waals surface area contributed by atoms with Crippen molar-refractivity contribution in [2.75, 3.05) is 24.6 Å². The van der Waals surface area contributed by atoms with Gasteiger partial charge in [-0.3, -0.25) is 4.72 Å². The van der Waals surface area contributed by atoms with E-state index in [0.29, 0.717) is 5.69 Å². The number of anilines is 2. The van der Waals surface area contributed by atoms with Crippen molar-refractivity contribution in [1.82, 2.24) is 4.31 Å². The van der Waals surface area contributed by atoms with Crippen LogP contribution < -0.4 is 10.5 Å². The average Bonchev–Trinajstić information content (AvgIpc) is 2.49. The van der Waals surface area contributed by atoms with Gasteiger partial charge in [-0.25, -0.2) is 21.1 Å². The number of benzene rings is 2. The van der Waals surface area contributed by atoms with E-state index in [1.807, 2.05) is 0 Å². The Morgan fingerprint density at radius 1 is 0.870 bits per heavy atom. The molecule has 0 aliphatic rings. The minimum Gasteiger partial charge on any atom is -0.397 e. The van der Waals surface area contributed by atoms with Crippen LogP contribution in [0.25, 0.3) is 0 Å². The standard InChI is InChI=1S/C14H17N3O4S2/c1-17(2)23(20,21)12-9-7-11(8-10-12)22(18,19)16-14-6-4-3-5-13(14)15/h3-10,16H,15H2,1-2H3. The molecule has 23 heavy (non-hydrogen) atoms. The summed E-state index contributed by atoms with van der Waals surface area (Å²) in [6, 6.07) is 11.4. The van der Waals surface area contributed by atoms with Crippen LogP contribution in [0.5, 0.6) is 0 Å². The Morgan fingerprint density at radius 2 is 1.39 bits per heavy atom. The van der Waals surface area contributed by atoms with Crippen LogP contribution in [-0.4, -0.2) is 35.2 Å². The van der Waals surface area contributed by atoms with Crippen molar-refractivity contribution in [1.29, 1.82) is 0 Å². The van der Waals surface area contributed by atoms with E-state index in [4.69, 9.17) is 5.73 Å². The molecule has 0 saturated carbocycles. The van der Waals surface area contributed by atoms with Gasteiger partial charge in [0.2, 0.25) is 10.0 Å². The molecular weight excluding hydrogens is 338 g/mol. The molecule has 0 heterocycles. The van der Waals surface area contributed by atoms with Gasteiger partial charge in [-0.15, -0.1) is 0 Å². The zero-order valence-electron chi connectivity index (χ0n) is 12.6. The van der Waals surface area contributed by atoms with E-state index in [9.17, 15) is 16.8 Å². The Morgan fingerprint density at radius 3 is 1.91 bits per heavy atom.